The second-order valence-electron chi connectivity index (χ2n) is 5.38. The highest BCUT2D eigenvalue weighted by Crippen LogP contribution is 2.02. The lowest BCUT2D eigenvalue weighted by atomic mass is 10.2. The molecule has 112 valence electrons. The first kappa shape index (κ1) is 16.4. The summed E-state index contributed by atoms with van der Waals surface area (Å²) in [5.74, 6) is 0. The minimum absolute atomic E-state index is 0.0608. The monoisotopic (exact) mass is 279 g/mol. The Kier molecular flexibility index (Phi) is 6.45. The fourth-order valence-electron chi connectivity index (χ4n) is 1.87. The molecular weight excluding hydrogens is 254 g/mol. The van der Waals surface area contributed by atoms with Crippen molar-refractivity contribution in [1.82, 2.24) is 15.2 Å². The summed E-state index contributed by atoms with van der Waals surface area (Å²) >= 11 is 0. The van der Waals surface area contributed by atoms with Crippen LogP contribution >= 0.6 is 0 Å². The summed E-state index contributed by atoms with van der Waals surface area (Å²) in [5, 5.41) is 12.3. The number of carbonyl (C=O) groups excluding carboxylic acids is 1. The van der Waals surface area contributed by atoms with Crippen LogP contribution in [0.1, 0.15) is 32.0 Å². The Labute approximate surface area is 121 Å². The zero-order chi connectivity index (χ0) is 15.1. The van der Waals surface area contributed by atoms with E-state index in [4.69, 9.17) is 0 Å². The van der Waals surface area contributed by atoms with E-state index in [1.165, 1.54) is 0 Å². The van der Waals surface area contributed by atoms with E-state index in [1.54, 1.807) is 11.8 Å². The van der Waals surface area contributed by atoms with Gasteiger partial charge < -0.3 is 15.3 Å². The molecule has 5 heteroatoms. The summed E-state index contributed by atoms with van der Waals surface area (Å²) < 4.78 is 0. The number of aliphatic hydroxyl groups is 1. The fourth-order valence-corrected chi connectivity index (χ4v) is 1.87. The third kappa shape index (κ3) is 5.57. The molecule has 0 fully saturated rings. The number of rotatable bonds is 6. The molecule has 2 amide bonds. The first-order valence-electron chi connectivity index (χ1n) is 7.04. The van der Waals surface area contributed by atoms with Crippen molar-refractivity contribution in [1.29, 1.82) is 0 Å². The fraction of sp³-hybridized carbons (Fsp3) is 0.600. The molecule has 1 heterocycles. The van der Waals surface area contributed by atoms with Crippen molar-refractivity contribution >= 4 is 6.03 Å². The van der Waals surface area contributed by atoms with Gasteiger partial charge in [-0.1, -0.05) is 6.07 Å². The van der Waals surface area contributed by atoms with Crippen molar-refractivity contribution in [3.63, 3.8) is 0 Å². The van der Waals surface area contributed by atoms with Crippen LogP contribution < -0.4 is 5.32 Å². The molecule has 5 nitrogen and oxygen atoms in total. The first-order chi connectivity index (χ1) is 9.40. The summed E-state index contributed by atoms with van der Waals surface area (Å²) in [6, 6.07) is 3.90. The number of carbonyl (C=O) groups is 1. The molecule has 1 unspecified atom stereocenters. The third-order valence-corrected chi connectivity index (χ3v) is 3.01. The molecule has 0 aliphatic carbocycles. The molecule has 0 spiro atoms. The molecule has 1 atom stereocenters. The van der Waals surface area contributed by atoms with E-state index in [-0.39, 0.29) is 12.1 Å². The minimum Gasteiger partial charge on any atom is -0.392 e. The Morgan fingerprint density at radius 3 is 2.60 bits per heavy atom. The van der Waals surface area contributed by atoms with Crippen molar-refractivity contribution in [3.05, 3.63) is 29.6 Å². The Hall–Kier alpha value is -1.62. The largest absolute Gasteiger partial charge is 0.392 e. The smallest absolute Gasteiger partial charge is 0.317 e. The number of hydrogen-bond donors (Lipinski definition) is 2. The average molecular weight is 279 g/mol. The molecule has 0 aliphatic rings. The van der Waals surface area contributed by atoms with E-state index in [9.17, 15) is 9.90 Å². The quantitative estimate of drug-likeness (QED) is 0.833. The van der Waals surface area contributed by atoms with Gasteiger partial charge in [0.1, 0.15) is 0 Å². The Bertz CT molecular complexity index is 416. The number of aromatic nitrogens is 1. The van der Waals surface area contributed by atoms with E-state index in [0.717, 1.165) is 17.7 Å². The molecule has 0 saturated heterocycles. The van der Waals surface area contributed by atoms with Crippen LogP contribution in [-0.4, -0.2) is 46.3 Å². The molecule has 2 N–H and O–H groups in total. The number of nitrogens with one attached hydrogen (secondary N) is 1. The maximum Gasteiger partial charge on any atom is 0.317 e. The van der Waals surface area contributed by atoms with Gasteiger partial charge in [0.05, 0.1) is 6.10 Å². The Morgan fingerprint density at radius 2 is 2.10 bits per heavy atom. The van der Waals surface area contributed by atoms with Gasteiger partial charge in [-0.3, -0.25) is 4.98 Å². The number of nitrogens with zero attached hydrogens (tertiary/aromatic N) is 2. The lowest BCUT2D eigenvalue weighted by Gasteiger charge is -2.28. The van der Waals surface area contributed by atoms with E-state index in [0.29, 0.717) is 13.1 Å². The average Bonchev–Trinajstić information content (AvgIpc) is 2.37. The topological polar surface area (TPSA) is 65.5 Å². The number of amides is 2. The van der Waals surface area contributed by atoms with Crippen molar-refractivity contribution in [3.8, 4) is 0 Å². The number of pyridine rings is 1. The molecule has 1 rings (SSSR count). The molecule has 0 bridgehead atoms. The molecule has 20 heavy (non-hydrogen) atoms. The maximum atomic E-state index is 12.1. The minimum atomic E-state index is -0.524. The van der Waals surface area contributed by atoms with Gasteiger partial charge in [-0.2, -0.15) is 0 Å². The van der Waals surface area contributed by atoms with Crippen molar-refractivity contribution in [2.24, 2.45) is 0 Å². The molecule has 1 aromatic rings. The van der Waals surface area contributed by atoms with Crippen molar-refractivity contribution in [2.45, 2.75) is 46.3 Å². The van der Waals surface area contributed by atoms with Crippen LogP contribution in [0.4, 0.5) is 4.79 Å². The number of hydrogen-bond acceptors (Lipinski definition) is 3. The summed E-state index contributed by atoms with van der Waals surface area (Å²) in [7, 11) is 0. The Morgan fingerprint density at radius 1 is 1.40 bits per heavy atom. The van der Waals surface area contributed by atoms with Gasteiger partial charge >= 0.3 is 6.03 Å². The highest BCUT2D eigenvalue weighted by molar-refractivity contribution is 5.74. The van der Waals surface area contributed by atoms with Crippen molar-refractivity contribution < 1.29 is 9.90 Å². The van der Waals surface area contributed by atoms with Crippen LogP contribution in [0.25, 0.3) is 0 Å². The summed E-state index contributed by atoms with van der Waals surface area (Å²) in [4.78, 5) is 17.9. The highest BCUT2D eigenvalue weighted by Gasteiger charge is 2.17. The molecule has 0 saturated carbocycles. The molecular formula is C15H25N3O2. The summed E-state index contributed by atoms with van der Waals surface area (Å²) in [5.41, 5.74) is 2.09. The SMILES string of the molecule is Cc1ccc(CCNC(=O)N(CC(C)O)C(C)C)cn1. The van der Waals surface area contributed by atoms with Gasteiger partial charge in [-0.05, 0) is 45.7 Å². The number of aryl methyl sites for hydroxylation is 1. The lowest BCUT2D eigenvalue weighted by molar-refractivity contribution is 0.119. The van der Waals surface area contributed by atoms with Crippen LogP contribution in [0.5, 0.6) is 0 Å². The van der Waals surface area contributed by atoms with Crippen LogP contribution in [-0.2, 0) is 6.42 Å². The molecule has 0 aromatic carbocycles. The lowest BCUT2D eigenvalue weighted by Crippen LogP contribution is -2.47. The van der Waals surface area contributed by atoms with Crippen LogP contribution in [0.2, 0.25) is 0 Å². The zero-order valence-electron chi connectivity index (χ0n) is 12.8. The van der Waals surface area contributed by atoms with Gasteiger partial charge in [0, 0.05) is 31.0 Å². The predicted molar refractivity (Wildman–Crippen MR) is 79.6 cm³/mol. The van der Waals surface area contributed by atoms with Gasteiger partial charge in [-0.15, -0.1) is 0 Å². The predicted octanol–water partition coefficient (Wildman–Crippen LogP) is 1.73. The Balaban J connectivity index is 2.43. The normalized spacial score (nSPS) is 12.3. The van der Waals surface area contributed by atoms with E-state index in [2.05, 4.69) is 10.3 Å². The van der Waals surface area contributed by atoms with Crippen LogP contribution in [0.3, 0.4) is 0 Å². The molecule has 0 radical (unpaired) electrons. The van der Waals surface area contributed by atoms with Gasteiger partial charge in [0.25, 0.3) is 0 Å². The van der Waals surface area contributed by atoms with Gasteiger partial charge in [0.15, 0.2) is 0 Å². The molecule has 1 aromatic heterocycles. The van der Waals surface area contributed by atoms with E-state index >= 15 is 0 Å². The van der Waals surface area contributed by atoms with Crippen molar-refractivity contribution in [2.75, 3.05) is 13.1 Å². The maximum absolute atomic E-state index is 12.1. The second-order valence-corrected chi connectivity index (χ2v) is 5.38. The summed E-state index contributed by atoms with van der Waals surface area (Å²) in [6.07, 6.45) is 2.06. The van der Waals surface area contributed by atoms with E-state index in [1.807, 2.05) is 39.1 Å². The highest BCUT2D eigenvalue weighted by atomic mass is 16.3. The molecule has 0 aliphatic heterocycles. The zero-order valence-corrected chi connectivity index (χ0v) is 12.8. The summed E-state index contributed by atoms with van der Waals surface area (Å²) in [6.45, 7) is 8.41. The number of urea groups is 1. The van der Waals surface area contributed by atoms with Crippen LogP contribution in [0.15, 0.2) is 18.3 Å². The van der Waals surface area contributed by atoms with Gasteiger partial charge in [-0.25, -0.2) is 4.79 Å². The second kappa shape index (κ2) is 7.85. The number of aliphatic hydroxyl groups excluding tert-OH is 1. The van der Waals surface area contributed by atoms with Crippen LogP contribution in [0, 0.1) is 6.92 Å². The first-order valence-corrected chi connectivity index (χ1v) is 7.04. The standard InChI is InChI=1S/C15H25N3O2/c1-11(2)18(10-13(4)19)15(20)16-8-7-14-6-5-12(3)17-9-14/h5-6,9,11,13,19H,7-8,10H2,1-4H3,(H,16,20). The van der Waals surface area contributed by atoms with Gasteiger partial charge in [0.2, 0.25) is 0 Å². The third-order valence-electron chi connectivity index (χ3n) is 3.01. The van der Waals surface area contributed by atoms with E-state index < -0.39 is 6.10 Å².